The van der Waals surface area contributed by atoms with E-state index in [0.29, 0.717) is 5.13 Å². The smallest absolute Gasteiger partial charge is 0.203 e. The Morgan fingerprint density at radius 3 is 2.83 bits per heavy atom. The molecule has 0 amide bonds. The van der Waals surface area contributed by atoms with Gasteiger partial charge in [-0.25, -0.2) is 4.98 Å². The van der Waals surface area contributed by atoms with E-state index >= 15 is 0 Å². The monoisotopic (exact) mass is 294 g/mol. The molecule has 0 unspecified atom stereocenters. The molecule has 2 N–H and O–H groups in total. The van der Waals surface area contributed by atoms with Crippen LogP contribution in [0.5, 0.6) is 0 Å². The zero-order chi connectivity index (χ0) is 12.4. The second-order valence-electron chi connectivity index (χ2n) is 3.58. The van der Waals surface area contributed by atoms with E-state index in [-0.39, 0.29) is 0 Å². The van der Waals surface area contributed by atoms with E-state index < -0.39 is 0 Å². The van der Waals surface area contributed by atoms with Crippen LogP contribution in [0.15, 0.2) is 28.6 Å². The summed E-state index contributed by atoms with van der Waals surface area (Å²) in [5.74, 6) is 0.953. The molecule has 0 radical (unpaired) electrons. The third-order valence-corrected chi connectivity index (χ3v) is 5.29. The number of aryl methyl sites for hydroxylation is 1. The summed E-state index contributed by atoms with van der Waals surface area (Å²) in [6, 6.07) is 8.20. The first-order chi connectivity index (χ1) is 8.81. The number of fused-ring (bicyclic) bond motifs is 1. The molecule has 0 spiro atoms. The number of aromatic nitrogens is 3. The van der Waals surface area contributed by atoms with E-state index in [1.807, 2.05) is 18.2 Å². The van der Waals surface area contributed by atoms with Crippen LogP contribution in [0.2, 0.25) is 0 Å². The minimum atomic E-state index is 0.537. The number of para-hydroxylation sites is 1. The molecule has 3 rings (SSSR count). The zero-order valence-electron chi connectivity index (χ0n) is 9.37. The summed E-state index contributed by atoms with van der Waals surface area (Å²) in [7, 11) is 0. The lowest BCUT2D eigenvalue weighted by molar-refractivity contribution is 0.993. The molecule has 4 nitrogen and oxygen atoms in total. The van der Waals surface area contributed by atoms with Crippen molar-refractivity contribution >= 4 is 49.8 Å². The van der Waals surface area contributed by atoms with Crippen molar-refractivity contribution in [2.75, 3.05) is 11.5 Å². The predicted molar refractivity (Wildman–Crippen MR) is 78.4 cm³/mol. The summed E-state index contributed by atoms with van der Waals surface area (Å²) in [5.41, 5.74) is 6.61. The molecule has 1 aromatic carbocycles. The van der Waals surface area contributed by atoms with Gasteiger partial charge < -0.3 is 5.73 Å². The minimum absolute atomic E-state index is 0.537. The van der Waals surface area contributed by atoms with Gasteiger partial charge in [0.15, 0.2) is 4.34 Å². The molecule has 92 valence electrons. The van der Waals surface area contributed by atoms with Gasteiger partial charge in [-0.05, 0) is 12.1 Å². The number of hydrogen-bond acceptors (Lipinski definition) is 7. The summed E-state index contributed by atoms with van der Waals surface area (Å²) >= 11 is 4.94. The molecular weight excluding hydrogens is 284 g/mol. The Morgan fingerprint density at radius 2 is 2.06 bits per heavy atom. The van der Waals surface area contributed by atoms with Gasteiger partial charge in [0.1, 0.15) is 5.01 Å². The highest BCUT2D eigenvalue weighted by Crippen LogP contribution is 2.29. The predicted octanol–water partition coefficient (Wildman–Crippen LogP) is 3.06. The standard InChI is InChI=1S/C11H10N4S3/c12-10-15-14-9(18-10)5-6-16-11-13-7-3-1-2-4-8(7)17-11/h1-4H,5-6H2,(H2,12,15). The van der Waals surface area contributed by atoms with Crippen LogP contribution in [0.4, 0.5) is 5.13 Å². The lowest BCUT2D eigenvalue weighted by Gasteiger charge is -1.93. The number of nitrogens with two attached hydrogens (primary N) is 1. The molecule has 18 heavy (non-hydrogen) atoms. The van der Waals surface area contributed by atoms with Gasteiger partial charge in [-0.1, -0.05) is 35.2 Å². The van der Waals surface area contributed by atoms with Crippen molar-refractivity contribution in [3.05, 3.63) is 29.3 Å². The molecule has 7 heteroatoms. The Kier molecular flexibility index (Phi) is 3.44. The van der Waals surface area contributed by atoms with Crippen LogP contribution in [0.25, 0.3) is 10.2 Å². The summed E-state index contributed by atoms with van der Waals surface area (Å²) in [6.45, 7) is 0. The van der Waals surface area contributed by atoms with Crippen molar-refractivity contribution in [3.8, 4) is 0 Å². The van der Waals surface area contributed by atoms with Gasteiger partial charge in [-0.3, -0.25) is 0 Å². The van der Waals surface area contributed by atoms with Gasteiger partial charge in [0, 0.05) is 12.2 Å². The quantitative estimate of drug-likeness (QED) is 0.749. The van der Waals surface area contributed by atoms with Gasteiger partial charge in [0.05, 0.1) is 10.2 Å². The number of anilines is 1. The second-order valence-corrected chi connectivity index (χ2v) is 7.05. The van der Waals surface area contributed by atoms with E-state index in [1.54, 1.807) is 23.1 Å². The number of rotatable bonds is 4. The SMILES string of the molecule is Nc1nnc(CCSc2nc3ccccc3s2)s1. The van der Waals surface area contributed by atoms with Crippen LogP contribution >= 0.6 is 34.4 Å². The Labute approximate surface area is 116 Å². The minimum Gasteiger partial charge on any atom is -0.374 e. The highest BCUT2D eigenvalue weighted by Gasteiger charge is 2.05. The van der Waals surface area contributed by atoms with Crippen LogP contribution < -0.4 is 5.73 Å². The maximum Gasteiger partial charge on any atom is 0.203 e. The van der Waals surface area contributed by atoms with Crippen molar-refractivity contribution in [1.29, 1.82) is 0 Å². The normalized spacial score (nSPS) is 11.1. The first kappa shape index (κ1) is 11.9. The van der Waals surface area contributed by atoms with Crippen molar-refractivity contribution in [2.24, 2.45) is 0 Å². The lowest BCUT2D eigenvalue weighted by Crippen LogP contribution is -1.87. The highest BCUT2D eigenvalue weighted by molar-refractivity contribution is 8.01. The van der Waals surface area contributed by atoms with E-state index in [9.17, 15) is 0 Å². The zero-order valence-corrected chi connectivity index (χ0v) is 11.8. The van der Waals surface area contributed by atoms with Crippen LogP contribution in [-0.4, -0.2) is 20.9 Å². The molecule has 2 heterocycles. The third-order valence-electron chi connectivity index (χ3n) is 2.30. The van der Waals surface area contributed by atoms with Crippen LogP contribution in [0.1, 0.15) is 5.01 Å². The van der Waals surface area contributed by atoms with Gasteiger partial charge in [-0.2, -0.15) is 0 Å². The van der Waals surface area contributed by atoms with Gasteiger partial charge in [-0.15, -0.1) is 21.5 Å². The van der Waals surface area contributed by atoms with Crippen molar-refractivity contribution in [2.45, 2.75) is 10.8 Å². The maximum atomic E-state index is 5.54. The van der Waals surface area contributed by atoms with E-state index in [0.717, 1.165) is 27.0 Å². The first-order valence-corrected chi connectivity index (χ1v) is 7.99. The Hall–Kier alpha value is -1.18. The molecular formula is C11H10N4S3. The fourth-order valence-electron chi connectivity index (χ4n) is 1.51. The van der Waals surface area contributed by atoms with E-state index in [1.165, 1.54) is 16.0 Å². The maximum absolute atomic E-state index is 5.54. The van der Waals surface area contributed by atoms with Crippen LogP contribution in [0.3, 0.4) is 0 Å². The molecule has 0 fully saturated rings. The topological polar surface area (TPSA) is 64.7 Å². The number of nitrogen functional groups attached to an aromatic ring is 1. The van der Waals surface area contributed by atoms with Gasteiger partial charge >= 0.3 is 0 Å². The third kappa shape index (κ3) is 2.63. The second kappa shape index (κ2) is 5.21. The highest BCUT2D eigenvalue weighted by atomic mass is 32.2. The molecule has 0 bridgehead atoms. The van der Waals surface area contributed by atoms with Crippen molar-refractivity contribution in [3.63, 3.8) is 0 Å². The van der Waals surface area contributed by atoms with Crippen LogP contribution in [0, 0.1) is 0 Å². The van der Waals surface area contributed by atoms with Gasteiger partial charge in [0.25, 0.3) is 0 Å². The number of hydrogen-bond donors (Lipinski definition) is 1. The molecule has 0 aliphatic heterocycles. The Morgan fingerprint density at radius 1 is 1.17 bits per heavy atom. The van der Waals surface area contributed by atoms with Gasteiger partial charge in [0.2, 0.25) is 5.13 Å². The fourth-order valence-corrected chi connectivity index (χ4v) is 4.33. The van der Waals surface area contributed by atoms with Crippen molar-refractivity contribution < 1.29 is 0 Å². The molecule has 2 aromatic heterocycles. The summed E-state index contributed by atoms with van der Waals surface area (Å²) in [6.07, 6.45) is 0.884. The lowest BCUT2D eigenvalue weighted by atomic mass is 10.3. The summed E-state index contributed by atoms with van der Waals surface area (Å²) in [4.78, 5) is 4.57. The Bertz CT molecular complexity index is 628. The average molecular weight is 294 g/mol. The Balaban J connectivity index is 1.62. The summed E-state index contributed by atoms with van der Waals surface area (Å²) in [5, 5.41) is 9.33. The molecule has 0 saturated carbocycles. The average Bonchev–Trinajstić information content (AvgIpc) is 2.95. The van der Waals surface area contributed by atoms with E-state index in [4.69, 9.17) is 5.73 Å². The molecule has 0 aliphatic rings. The fraction of sp³-hybridized carbons (Fsp3) is 0.182. The number of thioether (sulfide) groups is 1. The molecule has 3 aromatic rings. The summed E-state index contributed by atoms with van der Waals surface area (Å²) < 4.78 is 2.34. The molecule has 0 atom stereocenters. The van der Waals surface area contributed by atoms with E-state index in [2.05, 4.69) is 21.2 Å². The van der Waals surface area contributed by atoms with Crippen LogP contribution in [-0.2, 0) is 6.42 Å². The number of benzene rings is 1. The van der Waals surface area contributed by atoms with Crippen molar-refractivity contribution in [1.82, 2.24) is 15.2 Å². The number of thiazole rings is 1. The molecule has 0 saturated heterocycles. The largest absolute Gasteiger partial charge is 0.374 e. The first-order valence-electron chi connectivity index (χ1n) is 5.37. The molecule has 0 aliphatic carbocycles. The number of nitrogens with zero attached hydrogens (tertiary/aromatic N) is 3.